The van der Waals surface area contributed by atoms with Crippen molar-refractivity contribution in [2.45, 2.75) is 32.1 Å². The SMILES string of the molecule is CCOc1cccn2cc(C3(c4ccccc4)CCN(C(=O)c4n[nH]nc4C)CC3)nc12. The van der Waals surface area contributed by atoms with Crippen molar-refractivity contribution in [3.8, 4) is 5.75 Å². The normalized spacial score (nSPS) is 15.8. The van der Waals surface area contributed by atoms with E-state index in [1.807, 2.05) is 40.6 Å². The molecule has 1 N–H and O–H groups in total. The predicted molar refractivity (Wildman–Crippen MR) is 120 cm³/mol. The molecule has 1 aromatic carbocycles. The number of piperidine rings is 1. The van der Waals surface area contributed by atoms with Gasteiger partial charge in [-0.1, -0.05) is 30.3 Å². The number of ether oxygens (including phenoxy) is 1. The van der Waals surface area contributed by atoms with Crippen LogP contribution >= 0.6 is 0 Å². The topological polar surface area (TPSA) is 88.4 Å². The van der Waals surface area contributed by atoms with E-state index in [1.165, 1.54) is 5.56 Å². The molecule has 1 saturated heterocycles. The van der Waals surface area contributed by atoms with E-state index >= 15 is 0 Å². The minimum absolute atomic E-state index is 0.0773. The van der Waals surface area contributed by atoms with E-state index in [0.717, 1.165) is 29.9 Å². The molecule has 0 unspecified atom stereocenters. The summed E-state index contributed by atoms with van der Waals surface area (Å²) in [5.74, 6) is 0.699. The van der Waals surface area contributed by atoms with E-state index in [0.29, 0.717) is 31.1 Å². The third-order valence-electron chi connectivity index (χ3n) is 6.39. The van der Waals surface area contributed by atoms with Gasteiger partial charge in [-0.25, -0.2) is 4.98 Å². The highest BCUT2D eigenvalue weighted by molar-refractivity contribution is 5.93. The van der Waals surface area contributed by atoms with E-state index in [2.05, 4.69) is 45.9 Å². The lowest BCUT2D eigenvalue weighted by molar-refractivity contribution is 0.0677. The van der Waals surface area contributed by atoms with Gasteiger partial charge in [-0.2, -0.15) is 15.4 Å². The molecule has 0 bridgehead atoms. The molecule has 1 aliphatic heterocycles. The van der Waals surface area contributed by atoms with Crippen molar-refractivity contribution < 1.29 is 9.53 Å². The minimum atomic E-state index is -0.285. The molecule has 3 aromatic heterocycles. The molecule has 0 saturated carbocycles. The average Bonchev–Trinajstić information content (AvgIpc) is 3.46. The molecule has 5 rings (SSSR count). The first-order chi connectivity index (χ1) is 15.6. The molecule has 0 aliphatic carbocycles. The van der Waals surface area contributed by atoms with E-state index in [4.69, 9.17) is 9.72 Å². The second-order valence-corrected chi connectivity index (χ2v) is 8.16. The summed E-state index contributed by atoms with van der Waals surface area (Å²) in [7, 11) is 0. The molecule has 164 valence electrons. The molecular weight excluding hydrogens is 404 g/mol. The Balaban J connectivity index is 1.52. The van der Waals surface area contributed by atoms with Gasteiger partial charge in [0.15, 0.2) is 17.1 Å². The third-order valence-corrected chi connectivity index (χ3v) is 6.39. The molecule has 8 nitrogen and oxygen atoms in total. The van der Waals surface area contributed by atoms with Gasteiger partial charge >= 0.3 is 0 Å². The van der Waals surface area contributed by atoms with Gasteiger partial charge in [-0.15, -0.1) is 0 Å². The summed E-state index contributed by atoms with van der Waals surface area (Å²) >= 11 is 0. The molecule has 0 atom stereocenters. The molecule has 0 radical (unpaired) electrons. The third kappa shape index (κ3) is 3.32. The summed E-state index contributed by atoms with van der Waals surface area (Å²) < 4.78 is 7.84. The Morgan fingerprint density at radius 1 is 1.12 bits per heavy atom. The van der Waals surface area contributed by atoms with Crippen LogP contribution < -0.4 is 4.74 Å². The van der Waals surface area contributed by atoms with Crippen LogP contribution in [0.15, 0.2) is 54.9 Å². The Hall–Kier alpha value is -3.68. The number of fused-ring (bicyclic) bond motifs is 1. The van der Waals surface area contributed by atoms with E-state index < -0.39 is 0 Å². The summed E-state index contributed by atoms with van der Waals surface area (Å²) in [6.45, 7) is 5.59. The highest BCUT2D eigenvalue weighted by Crippen LogP contribution is 2.42. The highest BCUT2D eigenvalue weighted by Gasteiger charge is 2.41. The Labute approximate surface area is 186 Å². The van der Waals surface area contributed by atoms with Crippen molar-refractivity contribution in [3.05, 3.63) is 77.5 Å². The van der Waals surface area contributed by atoms with E-state index in [1.54, 1.807) is 6.92 Å². The van der Waals surface area contributed by atoms with Crippen LogP contribution in [0.25, 0.3) is 5.65 Å². The van der Waals surface area contributed by atoms with Crippen LogP contribution in [0.1, 0.15) is 47.2 Å². The number of hydrogen-bond acceptors (Lipinski definition) is 5. The van der Waals surface area contributed by atoms with Crippen LogP contribution in [0.5, 0.6) is 5.75 Å². The number of aromatic nitrogens is 5. The molecule has 1 amide bonds. The van der Waals surface area contributed by atoms with Crippen molar-refractivity contribution in [1.82, 2.24) is 29.7 Å². The predicted octanol–water partition coefficient (Wildman–Crippen LogP) is 3.38. The zero-order valence-electron chi connectivity index (χ0n) is 18.3. The maximum Gasteiger partial charge on any atom is 0.276 e. The van der Waals surface area contributed by atoms with Gasteiger partial charge in [0.25, 0.3) is 5.91 Å². The Morgan fingerprint density at radius 3 is 2.59 bits per heavy atom. The number of nitrogens with one attached hydrogen (secondary N) is 1. The van der Waals surface area contributed by atoms with Crippen molar-refractivity contribution in [2.75, 3.05) is 19.7 Å². The van der Waals surface area contributed by atoms with Crippen molar-refractivity contribution in [1.29, 1.82) is 0 Å². The number of rotatable bonds is 5. The maximum atomic E-state index is 13.0. The fraction of sp³-hybridized carbons (Fsp3) is 0.333. The fourth-order valence-electron chi connectivity index (χ4n) is 4.66. The second kappa shape index (κ2) is 8.11. The van der Waals surface area contributed by atoms with Gasteiger partial charge in [0.1, 0.15) is 0 Å². The Morgan fingerprint density at radius 2 is 1.91 bits per heavy atom. The molecule has 4 heterocycles. The van der Waals surface area contributed by atoms with Crippen molar-refractivity contribution in [3.63, 3.8) is 0 Å². The quantitative estimate of drug-likeness (QED) is 0.524. The summed E-state index contributed by atoms with van der Waals surface area (Å²) in [5.41, 5.74) is 3.76. The molecule has 8 heteroatoms. The smallest absolute Gasteiger partial charge is 0.276 e. The number of amides is 1. The number of benzene rings is 1. The van der Waals surface area contributed by atoms with E-state index in [9.17, 15) is 4.79 Å². The van der Waals surface area contributed by atoms with Crippen LogP contribution in [-0.2, 0) is 5.41 Å². The number of imidazole rings is 1. The molecule has 0 spiro atoms. The van der Waals surface area contributed by atoms with Crippen LogP contribution in [0.3, 0.4) is 0 Å². The molecule has 4 aromatic rings. The van der Waals surface area contributed by atoms with Crippen LogP contribution in [0, 0.1) is 6.92 Å². The number of likely N-dealkylation sites (tertiary alicyclic amines) is 1. The maximum absolute atomic E-state index is 13.0. The average molecular weight is 431 g/mol. The number of carbonyl (C=O) groups is 1. The van der Waals surface area contributed by atoms with Gasteiger partial charge < -0.3 is 14.0 Å². The number of aromatic amines is 1. The summed E-state index contributed by atoms with van der Waals surface area (Å²) in [4.78, 5) is 19.9. The summed E-state index contributed by atoms with van der Waals surface area (Å²) in [5, 5.41) is 10.6. The largest absolute Gasteiger partial charge is 0.490 e. The van der Waals surface area contributed by atoms with Crippen molar-refractivity contribution >= 4 is 11.6 Å². The summed E-state index contributed by atoms with van der Waals surface area (Å²) in [6.07, 6.45) is 5.64. The molecular formula is C24H26N6O2. The van der Waals surface area contributed by atoms with E-state index in [-0.39, 0.29) is 11.3 Å². The number of pyridine rings is 1. The van der Waals surface area contributed by atoms with Crippen molar-refractivity contribution in [2.24, 2.45) is 0 Å². The number of hydrogen-bond donors (Lipinski definition) is 1. The molecule has 1 fully saturated rings. The van der Waals surface area contributed by atoms with Gasteiger partial charge in [-0.05, 0) is 44.4 Å². The lowest BCUT2D eigenvalue weighted by Crippen LogP contribution is -2.46. The van der Waals surface area contributed by atoms with Gasteiger partial charge in [0, 0.05) is 30.9 Å². The van der Waals surface area contributed by atoms with Crippen LogP contribution in [-0.4, -0.2) is 55.3 Å². The second-order valence-electron chi connectivity index (χ2n) is 8.16. The molecule has 32 heavy (non-hydrogen) atoms. The number of carbonyl (C=O) groups excluding carboxylic acids is 1. The highest BCUT2D eigenvalue weighted by atomic mass is 16.5. The van der Waals surface area contributed by atoms with Crippen LogP contribution in [0.2, 0.25) is 0 Å². The first kappa shape index (κ1) is 20.2. The Bertz CT molecular complexity index is 1240. The monoisotopic (exact) mass is 430 g/mol. The Kier molecular flexibility index (Phi) is 5.13. The van der Waals surface area contributed by atoms with Crippen LogP contribution in [0.4, 0.5) is 0 Å². The first-order valence-corrected chi connectivity index (χ1v) is 11.0. The lowest BCUT2D eigenvalue weighted by atomic mass is 9.70. The standard InChI is InChI=1S/C24H26N6O2/c1-3-32-19-10-7-13-30-16-20(25-22(19)30)24(18-8-5-4-6-9-18)11-14-29(15-12-24)23(31)21-17(2)26-28-27-21/h4-10,13,16H,3,11-12,14-15H2,1-2H3,(H,26,27,28). The first-order valence-electron chi connectivity index (χ1n) is 11.0. The van der Waals surface area contributed by atoms with Gasteiger partial charge in [0.2, 0.25) is 0 Å². The zero-order chi connectivity index (χ0) is 22.1. The number of H-pyrrole nitrogens is 1. The summed E-state index contributed by atoms with van der Waals surface area (Å²) in [6, 6.07) is 14.4. The minimum Gasteiger partial charge on any atom is -0.490 e. The number of nitrogens with zero attached hydrogens (tertiary/aromatic N) is 5. The zero-order valence-corrected chi connectivity index (χ0v) is 18.3. The number of aryl methyl sites for hydroxylation is 1. The molecule has 1 aliphatic rings. The lowest BCUT2D eigenvalue weighted by Gasteiger charge is -2.41. The fourth-order valence-corrected chi connectivity index (χ4v) is 4.66. The van der Waals surface area contributed by atoms with Gasteiger partial charge in [0.05, 0.1) is 18.0 Å². The van der Waals surface area contributed by atoms with Gasteiger partial charge in [-0.3, -0.25) is 4.79 Å².